The Balaban J connectivity index is 1.61. The maximum atomic E-state index is 5.53. The molecule has 1 aliphatic carbocycles. The summed E-state index contributed by atoms with van der Waals surface area (Å²) in [6.45, 7) is 11.8. The van der Waals surface area contributed by atoms with Crippen LogP contribution in [0.1, 0.15) is 63.5 Å². The monoisotopic (exact) mass is 436 g/mol. The van der Waals surface area contributed by atoms with Crippen molar-refractivity contribution in [3.63, 3.8) is 0 Å². The number of ether oxygens (including phenoxy) is 1. The van der Waals surface area contributed by atoms with Crippen LogP contribution in [0.5, 0.6) is 5.75 Å². The number of fused-ring (bicyclic) bond motifs is 3. The third-order valence-electron chi connectivity index (χ3n) is 6.77. The molecule has 0 amide bonds. The molecule has 4 rings (SSSR count). The highest BCUT2D eigenvalue weighted by molar-refractivity contribution is 7.19. The molecule has 0 radical (unpaired) electrons. The summed E-state index contributed by atoms with van der Waals surface area (Å²) in [5, 5.41) is 5.80. The topological polar surface area (TPSA) is 59.4 Å². The van der Waals surface area contributed by atoms with Gasteiger partial charge in [-0.25, -0.2) is 9.97 Å². The number of hydrogen-bond donors (Lipinski definition) is 1. The standard InChI is InChI=1S/C25H32N4OS/c1-6-25(4,5)18-10-13-21-20(14-18)22-23(26-15-27-24(22)31-21)29-28-16(3)17-8-11-19(12-9-17)30-7-2/h8-9,11-12,15,18H,6-7,10,13-14H2,1-5H3,(H,26,27,29)/b28-16+. The van der Waals surface area contributed by atoms with Gasteiger partial charge in [0.05, 0.1) is 17.7 Å². The first kappa shape index (κ1) is 21.8. The minimum Gasteiger partial charge on any atom is -0.494 e. The van der Waals surface area contributed by atoms with E-state index < -0.39 is 0 Å². The maximum absolute atomic E-state index is 5.53. The number of nitrogens with one attached hydrogen (secondary N) is 1. The number of benzene rings is 1. The van der Waals surface area contributed by atoms with Crippen LogP contribution in [0.2, 0.25) is 0 Å². The first-order chi connectivity index (χ1) is 14.9. The summed E-state index contributed by atoms with van der Waals surface area (Å²) in [6.07, 6.45) is 6.33. The van der Waals surface area contributed by atoms with Crippen molar-refractivity contribution in [3.05, 3.63) is 46.6 Å². The Kier molecular flexibility index (Phi) is 6.28. The molecule has 0 saturated heterocycles. The second-order valence-electron chi connectivity index (χ2n) is 8.95. The molecule has 31 heavy (non-hydrogen) atoms. The summed E-state index contributed by atoms with van der Waals surface area (Å²) in [4.78, 5) is 11.7. The van der Waals surface area contributed by atoms with Crippen LogP contribution in [0.25, 0.3) is 10.2 Å². The molecule has 1 atom stereocenters. The lowest BCUT2D eigenvalue weighted by atomic mass is 9.69. The smallest absolute Gasteiger partial charge is 0.158 e. The van der Waals surface area contributed by atoms with E-state index in [0.717, 1.165) is 45.9 Å². The third kappa shape index (κ3) is 4.45. The molecule has 1 aliphatic rings. The summed E-state index contributed by atoms with van der Waals surface area (Å²) in [5.74, 6) is 2.37. The second-order valence-corrected chi connectivity index (χ2v) is 10.0. The van der Waals surface area contributed by atoms with Crippen LogP contribution < -0.4 is 10.2 Å². The highest BCUT2D eigenvalue weighted by Crippen LogP contribution is 2.45. The first-order valence-electron chi connectivity index (χ1n) is 11.2. The summed E-state index contributed by atoms with van der Waals surface area (Å²) in [7, 11) is 0. The molecule has 0 fully saturated rings. The largest absolute Gasteiger partial charge is 0.494 e. The molecule has 0 saturated carbocycles. The van der Waals surface area contributed by atoms with Crippen LogP contribution in [0.15, 0.2) is 35.7 Å². The van der Waals surface area contributed by atoms with E-state index in [-0.39, 0.29) is 0 Å². The average Bonchev–Trinajstić information content (AvgIpc) is 3.16. The highest BCUT2D eigenvalue weighted by Gasteiger charge is 2.33. The summed E-state index contributed by atoms with van der Waals surface area (Å²) in [6, 6.07) is 8.02. The van der Waals surface area contributed by atoms with Gasteiger partial charge in [0, 0.05) is 4.88 Å². The molecular formula is C25H32N4OS. The van der Waals surface area contributed by atoms with Gasteiger partial charge in [0.25, 0.3) is 0 Å². The van der Waals surface area contributed by atoms with E-state index in [2.05, 4.69) is 41.3 Å². The van der Waals surface area contributed by atoms with Crippen molar-refractivity contribution in [3.8, 4) is 5.75 Å². The lowest BCUT2D eigenvalue weighted by Gasteiger charge is -2.36. The zero-order chi connectivity index (χ0) is 22.0. The Morgan fingerprint density at radius 1 is 1.23 bits per heavy atom. The fourth-order valence-electron chi connectivity index (χ4n) is 4.31. The molecular weight excluding hydrogens is 404 g/mol. The molecule has 0 bridgehead atoms. The van der Waals surface area contributed by atoms with Crippen LogP contribution in [0, 0.1) is 11.3 Å². The lowest BCUT2D eigenvalue weighted by Crippen LogP contribution is -2.28. The molecule has 3 aromatic rings. The van der Waals surface area contributed by atoms with Gasteiger partial charge < -0.3 is 4.74 Å². The minimum atomic E-state index is 0.345. The van der Waals surface area contributed by atoms with E-state index in [0.29, 0.717) is 17.9 Å². The second kappa shape index (κ2) is 8.95. The zero-order valence-electron chi connectivity index (χ0n) is 19.2. The Labute approximate surface area is 189 Å². The zero-order valence-corrected chi connectivity index (χ0v) is 20.0. The highest BCUT2D eigenvalue weighted by atomic mass is 32.1. The van der Waals surface area contributed by atoms with E-state index in [4.69, 9.17) is 4.74 Å². The Morgan fingerprint density at radius 3 is 2.71 bits per heavy atom. The molecule has 5 nitrogen and oxygen atoms in total. The molecule has 2 heterocycles. The van der Waals surface area contributed by atoms with Gasteiger partial charge in [-0.1, -0.05) is 27.2 Å². The van der Waals surface area contributed by atoms with Crippen molar-refractivity contribution in [1.29, 1.82) is 0 Å². The van der Waals surface area contributed by atoms with Gasteiger partial charge in [0.1, 0.15) is 16.9 Å². The quantitative estimate of drug-likeness (QED) is 0.341. The van der Waals surface area contributed by atoms with Crippen LogP contribution in [0.4, 0.5) is 5.82 Å². The number of aryl methyl sites for hydroxylation is 1. The van der Waals surface area contributed by atoms with Crippen molar-refractivity contribution in [2.24, 2.45) is 16.4 Å². The van der Waals surface area contributed by atoms with Crippen LogP contribution in [-0.4, -0.2) is 22.3 Å². The van der Waals surface area contributed by atoms with Crippen molar-refractivity contribution in [2.45, 2.75) is 60.3 Å². The van der Waals surface area contributed by atoms with E-state index >= 15 is 0 Å². The Hall–Kier alpha value is -2.47. The van der Waals surface area contributed by atoms with Gasteiger partial charge in [-0.15, -0.1) is 11.3 Å². The van der Waals surface area contributed by atoms with E-state index in [1.807, 2.05) is 49.4 Å². The molecule has 0 aliphatic heterocycles. The van der Waals surface area contributed by atoms with E-state index in [9.17, 15) is 0 Å². The first-order valence-corrected chi connectivity index (χ1v) is 12.0. The van der Waals surface area contributed by atoms with Crippen molar-refractivity contribution in [1.82, 2.24) is 9.97 Å². The molecule has 2 aromatic heterocycles. The molecule has 6 heteroatoms. The number of nitrogens with zero attached hydrogens (tertiary/aromatic N) is 3. The van der Waals surface area contributed by atoms with Crippen LogP contribution in [-0.2, 0) is 12.8 Å². The van der Waals surface area contributed by atoms with Gasteiger partial charge in [-0.05, 0) is 79.8 Å². The molecule has 164 valence electrons. The van der Waals surface area contributed by atoms with Crippen molar-refractivity contribution in [2.75, 3.05) is 12.0 Å². The van der Waals surface area contributed by atoms with Gasteiger partial charge in [0.15, 0.2) is 5.82 Å². The van der Waals surface area contributed by atoms with Gasteiger partial charge in [-0.3, -0.25) is 5.43 Å². The molecule has 1 N–H and O–H groups in total. The van der Waals surface area contributed by atoms with Crippen LogP contribution in [0.3, 0.4) is 0 Å². The van der Waals surface area contributed by atoms with Crippen LogP contribution >= 0.6 is 11.3 Å². The summed E-state index contributed by atoms with van der Waals surface area (Å²) < 4.78 is 5.53. The van der Waals surface area contributed by atoms with Crippen molar-refractivity contribution < 1.29 is 4.74 Å². The summed E-state index contributed by atoms with van der Waals surface area (Å²) in [5.41, 5.74) is 6.97. The Bertz CT molecular complexity index is 1080. The van der Waals surface area contributed by atoms with E-state index in [1.165, 1.54) is 23.3 Å². The molecule has 1 aromatic carbocycles. The minimum absolute atomic E-state index is 0.345. The number of hydrogen-bond acceptors (Lipinski definition) is 6. The maximum Gasteiger partial charge on any atom is 0.158 e. The normalized spacial score (nSPS) is 16.9. The van der Waals surface area contributed by atoms with Gasteiger partial charge in [0.2, 0.25) is 0 Å². The number of anilines is 1. The molecule has 0 spiro atoms. The Morgan fingerprint density at radius 2 is 2.00 bits per heavy atom. The SMILES string of the molecule is CCOc1ccc(/C(C)=N/Nc2ncnc3sc4c(c23)CC(C(C)(C)CC)CC4)cc1. The fourth-order valence-corrected chi connectivity index (χ4v) is 5.49. The number of thiophene rings is 1. The fraction of sp³-hybridized carbons (Fsp3) is 0.480. The van der Waals surface area contributed by atoms with Gasteiger partial charge in [-0.2, -0.15) is 5.10 Å². The van der Waals surface area contributed by atoms with E-state index in [1.54, 1.807) is 6.33 Å². The predicted molar refractivity (Wildman–Crippen MR) is 130 cm³/mol. The average molecular weight is 437 g/mol. The third-order valence-corrected chi connectivity index (χ3v) is 7.97. The predicted octanol–water partition coefficient (Wildman–Crippen LogP) is 6.47. The molecule has 1 unspecified atom stereocenters. The number of aromatic nitrogens is 2. The number of hydrazone groups is 1. The van der Waals surface area contributed by atoms with Crippen molar-refractivity contribution >= 4 is 33.1 Å². The van der Waals surface area contributed by atoms with Gasteiger partial charge >= 0.3 is 0 Å². The summed E-state index contributed by atoms with van der Waals surface area (Å²) >= 11 is 1.82. The number of rotatable bonds is 7. The lowest BCUT2D eigenvalue weighted by molar-refractivity contribution is 0.184.